The van der Waals surface area contributed by atoms with E-state index in [2.05, 4.69) is 25.3 Å². The Kier molecular flexibility index (Phi) is 8.72. The number of carbonyl (C=O) groups excluding carboxylic acids is 1. The van der Waals surface area contributed by atoms with Crippen molar-refractivity contribution in [1.82, 2.24) is 9.97 Å². The summed E-state index contributed by atoms with van der Waals surface area (Å²) < 4.78 is 15.2. The topological polar surface area (TPSA) is 106 Å². The fourth-order valence-electron chi connectivity index (χ4n) is 3.43. The molecule has 0 aliphatic rings. The summed E-state index contributed by atoms with van der Waals surface area (Å²) >= 11 is 0. The third-order valence-corrected chi connectivity index (χ3v) is 5.15. The molecular weight excluding hydrogens is 443 g/mol. The molecule has 0 radical (unpaired) electrons. The van der Waals surface area contributed by atoms with E-state index >= 15 is 4.39 Å². The first-order valence-electron chi connectivity index (χ1n) is 11.1. The number of anilines is 1. The molecule has 3 rings (SSSR count). The average molecular weight is 471 g/mol. The van der Waals surface area contributed by atoms with Crippen LogP contribution in [0.4, 0.5) is 15.8 Å². The molecule has 0 aliphatic carbocycles. The number of nitrogens with zero attached hydrogens (tertiary/aromatic N) is 4. The third-order valence-electron chi connectivity index (χ3n) is 5.15. The van der Waals surface area contributed by atoms with Crippen molar-refractivity contribution in [2.24, 2.45) is 15.7 Å². The molecule has 0 atom stereocenters. The van der Waals surface area contributed by atoms with E-state index in [4.69, 9.17) is 5.73 Å². The molecule has 1 amide bonds. The summed E-state index contributed by atoms with van der Waals surface area (Å²) in [4.78, 5) is 29.8. The lowest BCUT2D eigenvalue weighted by atomic mass is 9.97. The fraction of sp³-hybridized carbons (Fsp3) is 0.148. The lowest BCUT2D eigenvalue weighted by Gasteiger charge is -2.13. The first-order chi connectivity index (χ1) is 17.0. The van der Waals surface area contributed by atoms with Crippen LogP contribution in [0.15, 0.2) is 77.1 Å². The third kappa shape index (κ3) is 6.32. The number of rotatable bonds is 8. The molecule has 0 unspecified atom stereocenters. The maximum atomic E-state index is 15.2. The Morgan fingerprint density at radius 2 is 2.03 bits per heavy atom. The standard InChI is InChI=1S/C27H27FN6O/c1-4-19-8-6-9-21(14-19)34-27(35)20-11-12-24(28)23(15-20)22(10-7-13-30-16-29)26-25(31-5-2)18(3)32-17-33-26/h5-17H,4H2,1-3H3,(H2,29,30)(H,34,35)/b13-7-,22-10+,31-5?. The molecule has 0 bridgehead atoms. The molecule has 0 spiro atoms. The van der Waals surface area contributed by atoms with Crippen LogP contribution in [-0.4, -0.2) is 28.4 Å². The van der Waals surface area contributed by atoms with Gasteiger partial charge < -0.3 is 11.1 Å². The predicted octanol–water partition coefficient (Wildman–Crippen LogP) is 5.39. The molecular formula is C27H27FN6O. The first kappa shape index (κ1) is 25.2. The number of aliphatic imine (C=N–C) groups is 2. The second-order valence-electron chi connectivity index (χ2n) is 7.47. The highest BCUT2D eigenvalue weighted by atomic mass is 19.1. The SMILES string of the molecule is CC=Nc1c(C)ncnc1/C(=C/C=C\N=CN)c1cc(C(=O)Nc2cccc(CC)c2)ccc1F. The number of aromatic nitrogens is 2. The Balaban J connectivity index is 2.10. The lowest BCUT2D eigenvalue weighted by molar-refractivity contribution is 0.102. The Morgan fingerprint density at radius 3 is 2.77 bits per heavy atom. The molecule has 7 nitrogen and oxygen atoms in total. The van der Waals surface area contributed by atoms with Crippen molar-refractivity contribution in [2.75, 3.05) is 5.32 Å². The zero-order valence-corrected chi connectivity index (χ0v) is 19.9. The Bertz CT molecular complexity index is 1330. The Hall–Kier alpha value is -4.46. The molecule has 178 valence electrons. The van der Waals surface area contributed by atoms with Gasteiger partial charge in [0.15, 0.2) is 0 Å². The monoisotopic (exact) mass is 470 g/mol. The van der Waals surface area contributed by atoms with Gasteiger partial charge in [0, 0.05) is 34.8 Å². The van der Waals surface area contributed by atoms with Crippen molar-refractivity contribution in [1.29, 1.82) is 0 Å². The number of amides is 1. The van der Waals surface area contributed by atoms with Gasteiger partial charge in [-0.15, -0.1) is 0 Å². The lowest BCUT2D eigenvalue weighted by Crippen LogP contribution is -2.13. The molecule has 0 saturated heterocycles. The van der Waals surface area contributed by atoms with Gasteiger partial charge in [-0.3, -0.25) is 9.79 Å². The van der Waals surface area contributed by atoms with Gasteiger partial charge in [-0.2, -0.15) is 0 Å². The highest BCUT2D eigenvalue weighted by Crippen LogP contribution is 2.33. The van der Waals surface area contributed by atoms with Crippen LogP contribution >= 0.6 is 0 Å². The van der Waals surface area contributed by atoms with E-state index in [9.17, 15) is 4.79 Å². The number of carbonyl (C=O) groups is 1. The van der Waals surface area contributed by atoms with Crippen LogP contribution in [-0.2, 0) is 6.42 Å². The molecule has 35 heavy (non-hydrogen) atoms. The van der Waals surface area contributed by atoms with Crippen molar-refractivity contribution in [3.8, 4) is 0 Å². The van der Waals surface area contributed by atoms with Crippen LogP contribution in [0.5, 0.6) is 0 Å². The van der Waals surface area contributed by atoms with Crippen molar-refractivity contribution in [3.05, 3.63) is 101 Å². The number of nitrogens with one attached hydrogen (secondary N) is 1. The molecule has 3 aromatic rings. The fourth-order valence-corrected chi connectivity index (χ4v) is 3.43. The van der Waals surface area contributed by atoms with E-state index in [1.54, 1.807) is 32.2 Å². The smallest absolute Gasteiger partial charge is 0.255 e. The largest absolute Gasteiger partial charge is 0.390 e. The first-order valence-corrected chi connectivity index (χ1v) is 11.1. The second kappa shape index (κ2) is 12.1. The highest BCUT2D eigenvalue weighted by molar-refractivity contribution is 6.05. The van der Waals surface area contributed by atoms with E-state index in [0.29, 0.717) is 33.9 Å². The zero-order chi connectivity index (χ0) is 25.2. The van der Waals surface area contributed by atoms with Crippen LogP contribution in [0, 0.1) is 12.7 Å². The van der Waals surface area contributed by atoms with Gasteiger partial charge in [-0.25, -0.2) is 19.4 Å². The number of halogens is 1. The zero-order valence-electron chi connectivity index (χ0n) is 19.9. The molecule has 1 aromatic heterocycles. The van der Waals surface area contributed by atoms with Gasteiger partial charge in [0.2, 0.25) is 0 Å². The quantitative estimate of drug-likeness (QED) is 0.261. The summed E-state index contributed by atoms with van der Waals surface area (Å²) in [5, 5.41) is 2.88. The van der Waals surface area contributed by atoms with Crippen LogP contribution < -0.4 is 11.1 Å². The van der Waals surface area contributed by atoms with Gasteiger partial charge >= 0.3 is 0 Å². The highest BCUT2D eigenvalue weighted by Gasteiger charge is 2.19. The molecule has 2 aromatic carbocycles. The van der Waals surface area contributed by atoms with Crippen molar-refractivity contribution < 1.29 is 9.18 Å². The molecule has 1 heterocycles. The van der Waals surface area contributed by atoms with Crippen molar-refractivity contribution in [3.63, 3.8) is 0 Å². The number of aryl methyl sites for hydroxylation is 2. The van der Waals surface area contributed by atoms with Crippen LogP contribution in [0.3, 0.4) is 0 Å². The van der Waals surface area contributed by atoms with Gasteiger partial charge in [0.05, 0.1) is 12.0 Å². The second-order valence-corrected chi connectivity index (χ2v) is 7.47. The van der Waals surface area contributed by atoms with Crippen LogP contribution in [0.1, 0.15) is 46.7 Å². The summed E-state index contributed by atoms with van der Waals surface area (Å²) in [7, 11) is 0. The Morgan fingerprint density at radius 1 is 1.20 bits per heavy atom. The minimum atomic E-state index is -0.515. The van der Waals surface area contributed by atoms with E-state index in [1.165, 1.54) is 30.7 Å². The van der Waals surface area contributed by atoms with Gasteiger partial charge in [0.1, 0.15) is 23.5 Å². The number of nitrogens with two attached hydrogens (primary N) is 1. The maximum Gasteiger partial charge on any atom is 0.255 e. The molecule has 0 aliphatic heterocycles. The molecule has 8 heteroatoms. The molecule has 0 saturated carbocycles. The summed E-state index contributed by atoms with van der Waals surface area (Å²) in [6.45, 7) is 5.61. The van der Waals surface area contributed by atoms with E-state index in [0.717, 1.165) is 18.3 Å². The molecule has 3 N–H and O–H groups in total. The number of hydrogen-bond donors (Lipinski definition) is 2. The van der Waals surface area contributed by atoms with Crippen LogP contribution in [0.2, 0.25) is 0 Å². The maximum absolute atomic E-state index is 15.2. The minimum Gasteiger partial charge on any atom is -0.390 e. The van der Waals surface area contributed by atoms with E-state index in [1.807, 2.05) is 31.2 Å². The van der Waals surface area contributed by atoms with E-state index in [-0.39, 0.29) is 11.5 Å². The van der Waals surface area contributed by atoms with Gasteiger partial charge in [0.25, 0.3) is 5.91 Å². The predicted molar refractivity (Wildman–Crippen MR) is 140 cm³/mol. The van der Waals surface area contributed by atoms with Gasteiger partial charge in [-0.05, 0) is 62.2 Å². The number of benzene rings is 2. The van der Waals surface area contributed by atoms with Crippen molar-refractivity contribution >= 4 is 35.4 Å². The average Bonchev–Trinajstić information content (AvgIpc) is 2.86. The summed E-state index contributed by atoms with van der Waals surface area (Å²) in [5.74, 6) is -0.869. The van der Waals surface area contributed by atoms with Gasteiger partial charge in [-0.1, -0.05) is 25.1 Å². The summed E-state index contributed by atoms with van der Waals surface area (Å²) in [6.07, 6.45) is 9.72. The number of hydrogen-bond acceptors (Lipinski definition) is 5. The van der Waals surface area contributed by atoms with E-state index < -0.39 is 5.82 Å². The summed E-state index contributed by atoms with van der Waals surface area (Å²) in [5.41, 5.74) is 9.53. The normalized spacial score (nSPS) is 12.2. The number of allylic oxidation sites excluding steroid dienone is 2. The molecule has 0 fully saturated rings. The summed E-state index contributed by atoms with van der Waals surface area (Å²) in [6, 6.07) is 11.8. The minimum absolute atomic E-state index is 0.187. The van der Waals surface area contributed by atoms with Crippen molar-refractivity contribution in [2.45, 2.75) is 27.2 Å². The Labute approximate surface area is 204 Å². The van der Waals surface area contributed by atoms with Crippen LogP contribution in [0.25, 0.3) is 5.57 Å².